The normalized spacial score (nSPS) is 18.0. The van der Waals surface area contributed by atoms with Crippen molar-refractivity contribution < 1.29 is 4.74 Å². The van der Waals surface area contributed by atoms with Crippen LogP contribution < -0.4 is 0 Å². The highest BCUT2D eigenvalue weighted by molar-refractivity contribution is 8.03. The molecule has 10 heavy (non-hydrogen) atoms. The summed E-state index contributed by atoms with van der Waals surface area (Å²) in [6.45, 7) is 8.10. The van der Waals surface area contributed by atoms with Gasteiger partial charge in [-0.1, -0.05) is 19.2 Å². The second kappa shape index (κ2) is 3.52. The number of rotatable bonds is 2. The number of hydrogen-bond acceptors (Lipinski definition) is 2. The first-order valence-corrected chi connectivity index (χ1v) is 4.12. The Morgan fingerprint density at radius 1 is 1.40 bits per heavy atom. The molecule has 0 radical (unpaired) electrons. The highest BCUT2D eigenvalue weighted by Crippen LogP contribution is 2.26. The van der Waals surface area contributed by atoms with E-state index < -0.39 is 0 Å². The van der Waals surface area contributed by atoms with Crippen LogP contribution in [0.2, 0.25) is 0 Å². The minimum atomic E-state index is 0.781. The molecule has 0 aliphatic carbocycles. The molecule has 54 valence electrons. The van der Waals surface area contributed by atoms with Crippen molar-refractivity contribution in [1.29, 1.82) is 0 Å². The third-order valence-corrected chi connectivity index (χ3v) is 2.26. The Kier molecular flexibility index (Phi) is 2.63. The smallest absolute Gasteiger partial charge is 0.132 e. The van der Waals surface area contributed by atoms with Crippen LogP contribution in [0.25, 0.3) is 0 Å². The second-order valence-electron chi connectivity index (χ2n) is 1.83. The van der Waals surface area contributed by atoms with Crippen LogP contribution in [0.4, 0.5) is 0 Å². The van der Waals surface area contributed by atoms with Crippen LogP contribution in [0.5, 0.6) is 0 Å². The maximum absolute atomic E-state index is 5.30. The lowest BCUT2D eigenvalue weighted by Gasteiger charge is -2.15. The zero-order chi connectivity index (χ0) is 7.40. The molecule has 0 aromatic carbocycles. The molecule has 0 saturated heterocycles. The van der Waals surface area contributed by atoms with E-state index in [2.05, 4.69) is 13.2 Å². The van der Waals surface area contributed by atoms with Gasteiger partial charge in [0, 0.05) is 10.7 Å². The van der Waals surface area contributed by atoms with Crippen molar-refractivity contribution in [3.8, 4) is 0 Å². The molecule has 1 nitrogen and oxygen atoms in total. The lowest BCUT2D eigenvalue weighted by Crippen LogP contribution is -2.03. The molecule has 0 spiro atoms. The average molecular weight is 154 g/mol. The summed E-state index contributed by atoms with van der Waals surface area (Å²) >= 11 is 1.76. The van der Waals surface area contributed by atoms with Gasteiger partial charge in [-0.2, -0.15) is 0 Å². The number of allylic oxidation sites excluding steroid dienone is 2. The molecule has 0 amide bonds. The Hall–Kier alpha value is -0.630. The van der Waals surface area contributed by atoms with Gasteiger partial charge in [-0.25, -0.2) is 0 Å². The first-order valence-electron chi connectivity index (χ1n) is 3.13. The zero-order valence-corrected chi connectivity index (χ0v) is 6.62. The molecule has 0 aromatic rings. The highest BCUT2D eigenvalue weighted by Gasteiger charge is 2.07. The van der Waals surface area contributed by atoms with Crippen molar-refractivity contribution in [3.63, 3.8) is 0 Å². The van der Waals surface area contributed by atoms with Crippen molar-refractivity contribution in [1.82, 2.24) is 0 Å². The summed E-state index contributed by atoms with van der Waals surface area (Å²) in [4.78, 5) is 1.10. The molecular formula is C8H10OS. The van der Waals surface area contributed by atoms with Crippen LogP contribution in [0.15, 0.2) is 36.0 Å². The molecule has 1 aliphatic rings. The molecule has 0 fully saturated rings. The molecule has 2 heteroatoms. The average Bonchev–Trinajstić information content (AvgIpc) is 2.04. The van der Waals surface area contributed by atoms with Gasteiger partial charge in [-0.3, -0.25) is 0 Å². The lowest BCUT2D eigenvalue weighted by atomic mass is 10.4. The van der Waals surface area contributed by atoms with Crippen molar-refractivity contribution in [2.24, 2.45) is 0 Å². The van der Waals surface area contributed by atoms with Gasteiger partial charge in [0.2, 0.25) is 0 Å². The van der Waals surface area contributed by atoms with Crippen LogP contribution in [-0.2, 0) is 4.74 Å². The van der Waals surface area contributed by atoms with Gasteiger partial charge in [-0.15, -0.1) is 11.8 Å². The van der Waals surface area contributed by atoms with Gasteiger partial charge in [0.15, 0.2) is 0 Å². The fourth-order valence-corrected chi connectivity index (χ4v) is 1.55. The van der Waals surface area contributed by atoms with Crippen LogP contribution in [-0.4, -0.2) is 12.4 Å². The summed E-state index contributed by atoms with van der Waals surface area (Å²) in [7, 11) is 0. The minimum Gasteiger partial charge on any atom is -0.492 e. The minimum absolute atomic E-state index is 0.781. The highest BCUT2D eigenvalue weighted by atomic mass is 32.2. The van der Waals surface area contributed by atoms with Crippen LogP contribution in [0, 0.1) is 0 Å². The van der Waals surface area contributed by atoms with Crippen molar-refractivity contribution in [2.45, 2.75) is 0 Å². The van der Waals surface area contributed by atoms with E-state index >= 15 is 0 Å². The van der Waals surface area contributed by atoms with E-state index in [-0.39, 0.29) is 0 Å². The molecule has 0 saturated carbocycles. The van der Waals surface area contributed by atoms with Crippen molar-refractivity contribution in [2.75, 3.05) is 12.4 Å². The van der Waals surface area contributed by atoms with Crippen LogP contribution in [0.3, 0.4) is 0 Å². The SMILES string of the molecule is C=CC1=C(C=C)SCCO1. The predicted molar refractivity (Wildman–Crippen MR) is 45.8 cm³/mol. The molecule has 0 unspecified atom stereocenters. The van der Waals surface area contributed by atoms with E-state index in [1.54, 1.807) is 23.9 Å². The van der Waals surface area contributed by atoms with Crippen molar-refractivity contribution >= 4 is 11.8 Å². The first-order chi connectivity index (χ1) is 4.88. The Morgan fingerprint density at radius 3 is 2.70 bits per heavy atom. The fraction of sp³-hybridized carbons (Fsp3) is 0.250. The van der Waals surface area contributed by atoms with Crippen LogP contribution >= 0.6 is 11.8 Å². The van der Waals surface area contributed by atoms with Gasteiger partial charge >= 0.3 is 0 Å². The predicted octanol–water partition coefficient (Wildman–Crippen LogP) is 2.33. The van der Waals surface area contributed by atoms with Gasteiger partial charge in [0.1, 0.15) is 5.76 Å². The summed E-state index contributed by atoms with van der Waals surface area (Å²) in [5.74, 6) is 1.88. The quantitative estimate of drug-likeness (QED) is 0.603. The standard InChI is InChI=1S/C8H10OS/c1-3-7-8(4-2)10-6-5-9-7/h3-4H,1-2,5-6H2. The lowest BCUT2D eigenvalue weighted by molar-refractivity contribution is 0.242. The summed E-state index contributed by atoms with van der Waals surface area (Å²) in [5.41, 5.74) is 0. The second-order valence-corrected chi connectivity index (χ2v) is 2.97. The summed E-state index contributed by atoms with van der Waals surface area (Å²) in [5, 5.41) is 0. The fourth-order valence-electron chi connectivity index (χ4n) is 0.765. The maximum atomic E-state index is 5.30. The van der Waals surface area contributed by atoms with Crippen LogP contribution in [0.1, 0.15) is 0 Å². The van der Waals surface area contributed by atoms with Crippen molar-refractivity contribution in [3.05, 3.63) is 36.0 Å². The van der Waals surface area contributed by atoms with E-state index in [0.29, 0.717) is 0 Å². The molecule has 1 heterocycles. The van der Waals surface area contributed by atoms with Gasteiger partial charge in [-0.05, 0) is 6.08 Å². The topological polar surface area (TPSA) is 9.23 Å². The molecule has 1 rings (SSSR count). The Labute approximate surface area is 65.5 Å². The molecule has 0 bridgehead atoms. The first kappa shape index (κ1) is 7.48. The third-order valence-electron chi connectivity index (χ3n) is 1.21. The molecule has 0 atom stereocenters. The van der Waals surface area contributed by atoms with E-state index in [9.17, 15) is 0 Å². The third kappa shape index (κ3) is 1.45. The largest absolute Gasteiger partial charge is 0.492 e. The monoisotopic (exact) mass is 154 g/mol. The molecule has 1 aliphatic heterocycles. The number of hydrogen-bond donors (Lipinski definition) is 0. The van der Waals surface area contributed by atoms with E-state index in [4.69, 9.17) is 4.74 Å². The Morgan fingerprint density at radius 2 is 2.20 bits per heavy atom. The number of thioether (sulfide) groups is 1. The Bertz CT molecular complexity index is 162. The van der Waals surface area contributed by atoms with Gasteiger partial charge in [0.25, 0.3) is 0 Å². The maximum Gasteiger partial charge on any atom is 0.132 e. The molecular weight excluding hydrogens is 144 g/mol. The molecule has 0 N–H and O–H groups in total. The van der Waals surface area contributed by atoms with E-state index in [1.165, 1.54) is 0 Å². The summed E-state index contributed by atoms with van der Waals surface area (Å²) in [6.07, 6.45) is 3.53. The Balaban J connectivity index is 2.81. The summed E-state index contributed by atoms with van der Waals surface area (Å²) in [6, 6.07) is 0. The van der Waals surface area contributed by atoms with E-state index in [0.717, 1.165) is 23.0 Å². The summed E-state index contributed by atoms with van der Waals surface area (Å²) < 4.78 is 5.30. The van der Waals surface area contributed by atoms with Gasteiger partial charge < -0.3 is 4.74 Å². The molecule has 0 aromatic heterocycles. The number of ether oxygens (including phenoxy) is 1. The zero-order valence-electron chi connectivity index (χ0n) is 5.80. The van der Waals surface area contributed by atoms with Gasteiger partial charge in [0.05, 0.1) is 6.61 Å². The van der Waals surface area contributed by atoms with E-state index in [1.807, 2.05) is 0 Å².